The summed E-state index contributed by atoms with van der Waals surface area (Å²) in [5.74, 6) is -2.46. The fourth-order valence-electron chi connectivity index (χ4n) is 2.95. The number of benzene rings is 1. The van der Waals surface area contributed by atoms with Gasteiger partial charge in [-0.25, -0.2) is 4.79 Å². The minimum Gasteiger partial charge on any atom is -0.480 e. The highest BCUT2D eigenvalue weighted by atomic mass is 16.5. The van der Waals surface area contributed by atoms with E-state index in [9.17, 15) is 24.3 Å². The summed E-state index contributed by atoms with van der Waals surface area (Å²) in [6.07, 6.45) is 0.119. The zero-order valence-corrected chi connectivity index (χ0v) is 15.8. The van der Waals surface area contributed by atoms with Gasteiger partial charge in [-0.15, -0.1) is 0 Å². The molecule has 9 heteroatoms. The first-order valence-corrected chi connectivity index (χ1v) is 8.87. The number of esters is 1. The van der Waals surface area contributed by atoms with Crippen LogP contribution in [-0.2, 0) is 30.3 Å². The van der Waals surface area contributed by atoms with Crippen molar-refractivity contribution in [2.45, 2.75) is 25.8 Å². The number of rotatable bonds is 9. The van der Waals surface area contributed by atoms with E-state index in [1.165, 1.54) is 18.9 Å². The minimum atomic E-state index is -1.17. The monoisotopic (exact) mass is 392 g/mol. The van der Waals surface area contributed by atoms with Crippen molar-refractivity contribution in [2.24, 2.45) is 5.92 Å². The lowest BCUT2D eigenvalue weighted by molar-refractivity contribution is -0.142. The molecule has 2 unspecified atom stereocenters. The normalized spacial score (nSPS) is 17.3. The Kier molecular flexibility index (Phi) is 7.51. The summed E-state index contributed by atoms with van der Waals surface area (Å²) in [5.41, 5.74) is 0.660. The number of carboxylic acid groups (broad SMARTS) is 1. The number of ether oxygens (including phenoxy) is 2. The van der Waals surface area contributed by atoms with Crippen LogP contribution in [0.4, 0.5) is 0 Å². The molecule has 1 fully saturated rings. The van der Waals surface area contributed by atoms with Crippen molar-refractivity contribution in [2.75, 3.05) is 26.8 Å². The van der Waals surface area contributed by atoms with E-state index in [0.717, 1.165) is 0 Å². The average molecular weight is 392 g/mol. The Labute approximate surface area is 162 Å². The number of carboxylic acids is 1. The maximum atomic E-state index is 12.4. The molecule has 1 aromatic rings. The quantitative estimate of drug-likeness (QED) is 0.455. The highest BCUT2D eigenvalue weighted by molar-refractivity contribution is 5.91. The fourth-order valence-corrected chi connectivity index (χ4v) is 2.95. The maximum absolute atomic E-state index is 12.4. The third-order valence-electron chi connectivity index (χ3n) is 4.39. The number of nitrogens with zero attached hydrogens (tertiary/aromatic N) is 1. The highest BCUT2D eigenvalue weighted by Gasteiger charge is 2.35. The number of hydrogen-bond donors (Lipinski definition) is 2. The van der Waals surface area contributed by atoms with Gasteiger partial charge in [0.1, 0.15) is 11.8 Å². The fraction of sp³-hybridized carbons (Fsp3) is 0.474. The molecule has 2 rings (SSSR count). The van der Waals surface area contributed by atoms with Gasteiger partial charge < -0.3 is 24.8 Å². The summed E-state index contributed by atoms with van der Waals surface area (Å²) in [4.78, 5) is 48.4. The van der Waals surface area contributed by atoms with Crippen LogP contribution in [0.1, 0.15) is 18.9 Å². The van der Waals surface area contributed by atoms with Gasteiger partial charge >= 0.3 is 11.9 Å². The Hall–Kier alpha value is -2.94. The third kappa shape index (κ3) is 6.05. The van der Waals surface area contributed by atoms with E-state index in [1.807, 2.05) is 0 Å². The molecule has 1 heterocycles. The molecule has 1 aromatic carbocycles. The molecule has 0 aromatic heterocycles. The predicted octanol–water partition coefficient (Wildman–Crippen LogP) is 0.219. The number of nitrogens with one attached hydrogen (secondary N) is 1. The highest BCUT2D eigenvalue weighted by Crippen LogP contribution is 2.19. The first kappa shape index (κ1) is 21.4. The zero-order valence-electron chi connectivity index (χ0n) is 15.8. The molecular formula is C19H24N2O7. The van der Waals surface area contributed by atoms with Gasteiger partial charge in [-0.05, 0) is 17.7 Å². The Morgan fingerprint density at radius 2 is 1.96 bits per heavy atom. The van der Waals surface area contributed by atoms with Gasteiger partial charge in [-0.3, -0.25) is 14.4 Å². The van der Waals surface area contributed by atoms with Crippen molar-refractivity contribution < 1.29 is 33.8 Å². The number of amides is 2. The van der Waals surface area contributed by atoms with Crippen molar-refractivity contribution >= 4 is 23.8 Å². The largest absolute Gasteiger partial charge is 0.480 e. The molecule has 0 bridgehead atoms. The average Bonchev–Trinajstić information content (AvgIpc) is 3.01. The van der Waals surface area contributed by atoms with E-state index < -0.39 is 29.8 Å². The summed E-state index contributed by atoms with van der Waals surface area (Å²) < 4.78 is 9.87. The Morgan fingerprint density at radius 1 is 1.29 bits per heavy atom. The number of carbonyl (C=O) groups excluding carboxylic acids is 3. The van der Waals surface area contributed by atoms with Crippen LogP contribution in [0, 0.1) is 5.92 Å². The van der Waals surface area contributed by atoms with Crippen LogP contribution < -0.4 is 10.1 Å². The summed E-state index contributed by atoms with van der Waals surface area (Å²) in [6.45, 7) is 2.31. The number of aliphatic carboxylic acids is 1. The van der Waals surface area contributed by atoms with Gasteiger partial charge in [-0.1, -0.05) is 12.1 Å². The van der Waals surface area contributed by atoms with Gasteiger partial charge in [0, 0.05) is 40.0 Å². The zero-order chi connectivity index (χ0) is 20.7. The van der Waals surface area contributed by atoms with Crippen molar-refractivity contribution in [3.8, 4) is 5.75 Å². The summed E-state index contributed by atoms with van der Waals surface area (Å²) in [7, 11) is 1.53. The number of carbonyl (C=O) groups is 4. The van der Waals surface area contributed by atoms with E-state index in [-0.39, 0.29) is 25.3 Å². The summed E-state index contributed by atoms with van der Waals surface area (Å²) in [5, 5.41) is 12.0. The summed E-state index contributed by atoms with van der Waals surface area (Å²) >= 11 is 0. The molecule has 0 saturated carbocycles. The molecular weight excluding hydrogens is 368 g/mol. The van der Waals surface area contributed by atoms with Crippen LogP contribution in [-0.4, -0.2) is 66.6 Å². The maximum Gasteiger partial charge on any atom is 0.326 e. The first-order valence-electron chi connectivity index (χ1n) is 8.87. The lowest BCUT2D eigenvalue weighted by atomic mass is 10.0. The van der Waals surface area contributed by atoms with Crippen LogP contribution in [0.15, 0.2) is 24.3 Å². The Balaban J connectivity index is 1.95. The van der Waals surface area contributed by atoms with E-state index in [4.69, 9.17) is 9.47 Å². The number of methoxy groups -OCH3 is 1. The van der Waals surface area contributed by atoms with Gasteiger partial charge in [0.2, 0.25) is 11.8 Å². The molecule has 0 aliphatic carbocycles. The van der Waals surface area contributed by atoms with E-state index in [0.29, 0.717) is 24.5 Å². The van der Waals surface area contributed by atoms with E-state index in [2.05, 4.69) is 5.32 Å². The standard InChI is InChI=1S/C19H24N2O7/c1-12(22)28-15-5-3-13(4-6-15)9-16(19(25)26)20-18(24)14-10-17(23)21(11-14)7-8-27-2/h3-6,14,16H,7-11H2,1-2H3,(H,20,24)(H,25,26). The van der Waals surface area contributed by atoms with Crippen molar-refractivity contribution in [3.63, 3.8) is 0 Å². The van der Waals surface area contributed by atoms with E-state index >= 15 is 0 Å². The van der Waals surface area contributed by atoms with E-state index in [1.54, 1.807) is 24.3 Å². The second kappa shape index (κ2) is 9.84. The SMILES string of the molecule is COCCN1CC(C(=O)NC(Cc2ccc(OC(C)=O)cc2)C(=O)O)CC1=O. The van der Waals surface area contributed by atoms with Gasteiger partial charge in [0.25, 0.3) is 0 Å². The summed E-state index contributed by atoms with van der Waals surface area (Å²) in [6, 6.07) is 5.25. The van der Waals surface area contributed by atoms with Crippen LogP contribution in [0.3, 0.4) is 0 Å². The number of likely N-dealkylation sites (tertiary alicyclic amines) is 1. The molecule has 2 atom stereocenters. The van der Waals surface area contributed by atoms with Gasteiger partial charge in [0.05, 0.1) is 12.5 Å². The number of hydrogen-bond acceptors (Lipinski definition) is 6. The Bertz CT molecular complexity index is 732. The molecule has 2 amide bonds. The molecule has 28 heavy (non-hydrogen) atoms. The second-order valence-electron chi connectivity index (χ2n) is 6.57. The molecule has 0 spiro atoms. The van der Waals surface area contributed by atoms with Crippen molar-refractivity contribution in [1.82, 2.24) is 10.2 Å². The topological polar surface area (TPSA) is 122 Å². The lowest BCUT2D eigenvalue weighted by Gasteiger charge is -2.18. The van der Waals surface area contributed by atoms with Gasteiger partial charge in [-0.2, -0.15) is 0 Å². The van der Waals surface area contributed by atoms with Crippen molar-refractivity contribution in [1.29, 1.82) is 0 Å². The molecule has 9 nitrogen and oxygen atoms in total. The lowest BCUT2D eigenvalue weighted by Crippen LogP contribution is -2.45. The second-order valence-corrected chi connectivity index (χ2v) is 6.57. The molecule has 2 N–H and O–H groups in total. The molecule has 1 saturated heterocycles. The van der Waals surface area contributed by atoms with Crippen LogP contribution >= 0.6 is 0 Å². The molecule has 0 radical (unpaired) electrons. The Morgan fingerprint density at radius 3 is 2.54 bits per heavy atom. The minimum absolute atomic E-state index is 0.0545. The van der Waals surface area contributed by atoms with Crippen LogP contribution in [0.2, 0.25) is 0 Å². The van der Waals surface area contributed by atoms with Gasteiger partial charge in [0.15, 0.2) is 0 Å². The van der Waals surface area contributed by atoms with Crippen LogP contribution in [0.25, 0.3) is 0 Å². The molecule has 152 valence electrons. The first-order chi connectivity index (χ1) is 13.3. The smallest absolute Gasteiger partial charge is 0.326 e. The predicted molar refractivity (Wildman–Crippen MR) is 97.6 cm³/mol. The molecule has 1 aliphatic heterocycles. The molecule has 1 aliphatic rings. The van der Waals surface area contributed by atoms with Crippen LogP contribution in [0.5, 0.6) is 5.75 Å². The third-order valence-corrected chi connectivity index (χ3v) is 4.39. The van der Waals surface area contributed by atoms with Crippen molar-refractivity contribution in [3.05, 3.63) is 29.8 Å².